The molecule has 0 saturated heterocycles. The Labute approximate surface area is 156 Å². The fourth-order valence-electron chi connectivity index (χ4n) is 2.62. The van der Waals surface area contributed by atoms with Crippen molar-refractivity contribution in [3.05, 3.63) is 90.6 Å². The van der Waals surface area contributed by atoms with Crippen molar-refractivity contribution in [2.45, 2.75) is 6.61 Å². The maximum Gasteiger partial charge on any atom is 0.331 e. The maximum absolute atomic E-state index is 11.9. The van der Waals surface area contributed by atoms with E-state index < -0.39 is 5.97 Å². The molecular formula is C22H16N2O3. The highest BCUT2D eigenvalue weighted by Crippen LogP contribution is 2.20. The Morgan fingerprint density at radius 3 is 2.70 bits per heavy atom. The molecule has 0 unspecified atom stereocenters. The predicted octanol–water partition coefficient (Wildman–Crippen LogP) is 4.65. The van der Waals surface area contributed by atoms with Gasteiger partial charge in [-0.2, -0.15) is 0 Å². The maximum atomic E-state index is 11.9. The second-order valence-corrected chi connectivity index (χ2v) is 5.85. The Bertz CT molecular complexity index is 1100. The van der Waals surface area contributed by atoms with Crippen LogP contribution in [0.2, 0.25) is 0 Å². The molecule has 0 spiro atoms. The number of benzene rings is 2. The molecule has 0 fully saturated rings. The number of ether oxygens (including phenoxy) is 1. The zero-order valence-electron chi connectivity index (χ0n) is 14.4. The number of rotatable bonds is 5. The fourth-order valence-corrected chi connectivity index (χ4v) is 2.62. The monoisotopic (exact) mass is 356 g/mol. The quantitative estimate of drug-likeness (QED) is 0.385. The molecule has 27 heavy (non-hydrogen) atoms. The molecule has 0 aliphatic rings. The van der Waals surface area contributed by atoms with Crippen LogP contribution in [-0.4, -0.2) is 15.9 Å². The van der Waals surface area contributed by atoms with Crippen LogP contribution in [0.3, 0.4) is 0 Å². The Morgan fingerprint density at radius 2 is 1.81 bits per heavy atom. The summed E-state index contributed by atoms with van der Waals surface area (Å²) >= 11 is 0. The molecule has 0 saturated carbocycles. The van der Waals surface area contributed by atoms with Crippen molar-refractivity contribution in [1.82, 2.24) is 9.97 Å². The van der Waals surface area contributed by atoms with Crippen LogP contribution in [0.25, 0.3) is 28.3 Å². The lowest BCUT2D eigenvalue weighted by Crippen LogP contribution is -2.00. The lowest BCUT2D eigenvalue weighted by atomic mass is 10.2. The largest absolute Gasteiger partial charge is 0.453 e. The van der Waals surface area contributed by atoms with Crippen LogP contribution in [0.1, 0.15) is 11.6 Å². The van der Waals surface area contributed by atoms with E-state index in [0.29, 0.717) is 17.3 Å². The third-order valence-corrected chi connectivity index (χ3v) is 3.96. The van der Waals surface area contributed by atoms with Gasteiger partial charge < -0.3 is 9.15 Å². The smallest absolute Gasteiger partial charge is 0.331 e. The van der Waals surface area contributed by atoms with Crippen LogP contribution in [0, 0.1) is 0 Å². The first kappa shape index (κ1) is 16.7. The molecule has 0 N–H and O–H groups in total. The average Bonchev–Trinajstić information content (AvgIpc) is 3.20. The summed E-state index contributed by atoms with van der Waals surface area (Å²) in [6.07, 6.45) is 4.59. The van der Waals surface area contributed by atoms with Crippen molar-refractivity contribution < 1.29 is 13.9 Å². The Hall–Kier alpha value is -3.73. The second kappa shape index (κ2) is 7.66. The van der Waals surface area contributed by atoms with Gasteiger partial charge in [-0.25, -0.2) is 14.8 Å². The molecule has 2 aromatic heterocycles. The van der Waals surface area contributed by atoms with Crippen LogP contribution in [0.5, 0.6) is 0 Å². The third-order valence-electron chi connectivity index (χ3n) is 3.96. The molecular weight excluding hydrogens is 340 g/mol. The van der Waals surface area contributed by atoms with Gasteiger partial charge in [0.2, 0.25) is 5.89 Å². The van der Waals surface area contributed by atoms with Crippen molar-refractivity contribution in [3.8, 4) is 11.3 Å². The Kier molecular flexibility index (Phi) is 4.74. The number of aromatic nitrogens is 2. The minimum absolute atomic E-state index is 0.0266. The minimum atomic E-state index is -0.482. The number of oxazole rings is 1. The van der Waals surface area contributed by atoms with Crippen molar-refractivity contribution in [2.24, 2.45) is 0 Å². The van der Waals surface area contributed by atoms with Gasteiger partial charge in [0.1, 0.15) is 0 Å². The van der Waals surface area contributed by atoms with Crippen molar-refractivity contribution in [2.75, 3.05) is 0 Å². The standard InChI is InChI=1S/C22H16N2O3/c25-22(13-12-18-11-10-16-6-4-5-9-19(16)24-18)26-15-21-23-14-20(27-21)17-7-2-1-3-8-17/h1-14H,15H2. The van der Waals surface area contributed by atoms with Gasteiger partial charge in [-0.3, -0.25) is 0 Å². The minimum Gasteiger partial charge on any atom is -0.453 e. The Balaban J connectivity index is 1.36. The molecule has 4 aromatic rings. The third kappa shape index (κ3) is 4.10. The van der Waals surface area contributed by atoms with Crippen LogP contribution < -0.4 is 0 Å². The first-order valence-electron chi connectivity index (χ1n) is 8.49. The number of nitrogens with zero attached hydrogens (tertiary/aromatic N) is 2. The molecule has 2 heterocycles. The summed E-state index contributed by atoms with van der Waals surface area (Å²) in [5.41, 5.74) is 2.49. The zero-order valence-corrected chi connectivity index (χ0v) is 14.4. The normalized spacial score (nSPS) is 11.1. The summed E-state index contributed by atoms with van der Waals surface area (Å²) in [6.45, 7) is -0.0266. The number of pyridine rings is 1. The highest BCUT2D eigenvalue weighted by atomic mass is 16.5. The van der Waals surface area contributed by atoms with Gasteiger partial charge in [0, 0.05) is 17.0 Å². The molecule has 0 radical (unpaired) electrons. The fraction of sp³-hybridized carbons (Fsp3) is 0.0455. The summed E-state index contributed by atoms with van der Waals surface area (Å²) in [4.78, 5) is 20.5. The van der Waals surface area contributed by atoms with Crippen molar-refractivity contribution in [1.29, 1.82) is 0 Å². The molecule has 2 aromatic carbocycles. The SMILES string of the molecule is O=C(C=Cc1ccc2ccccc2n1)OCc1ncc(-c2ccccc2)o1. The topological polar surface area (TPSA) is 65.2 Å². The summed E-state index contributed by atoms with van der Waals surface area (Å²) in [5.74, 6) is 0.501. The summed E-state index contributed by atoms with van der Waals surface area (Å²) in [6, 6.07) is 21.2. The average molecular weight is 356 g/mol. The van der Waals surface area contributed by atoms with E-state index in [0.717, 1.165) is 16.5 Å². The molecule has 5 heteroatoms. The highest BCUT2D eigenvalue weighted by molar-refractivity contribution is 5.87. The van der Waals surface area contributed by atoms with Crippen LogP contribution in [0.4, 0.5) is 0 Å². The number of carbonyl (C=O) groups excluding carboxylic acids is 1. The molecule has 4 rings (SSSR count). The molecule has 0 bridgehead atoms. The Morgan fingerprint density at radius 1 is 1.00 bits per heavy atom. The summed E-state index contributed by atoms with van der Waals surface area (Å²) in [5, 5.41) is 1.05. The van der Waals surface area contributed by atoms with Crippen molar-refractivity contribution in [3.63, 3.8) is 0 Å². The lowest BCUT2D eigenvalue weighted by molar-refractivity contribution is -0.139. The van der Waals surface area contributed by atoms with Gasteiger partial charge in [-0.15, -0.1) is 0 Å². The summed E-state index contributed by atoms with van der Waals surface area (Å²) in [7, 11) is 0. The molecule has 0 aliphatic heterocycles. The van der Waals surface area contributed by atoms with Crippen LogP contribution in [0.15, 0.2) is 83.4 Å². The number of hydrogen-bond donors (Lipinski definition) is 0. The first-order valence-corrected chi connectivity index (χ1v) is 8.49. The van der Waals surface area contributed by atoms with Gasteiger partial charge in [0.15, 0.2) is 12.4 Å². The molecule has 132 valence electrons. The lowest BCUT2D eigenvalue weighted by Gasteiger charge is -1.99. The van der Waals surface area contributed by atoms with Gasteiger partial charge >= 0.3 is 5.97 Å². The predicted molar refractivity (Wildman–Crippen MR) is 103 cm³/mol. The molecule has 0 amide bonds. The van der Waals surface area contributed by atoms with Crippen molar-refractivity contribution >= 4 is 22.9 Å². The number of para-hydroxylation sites is 1. The van der Waals surface area contributed by atoms with E-state index in [-0.39, 0.29) is 6.61 Å². The number of esters is 1. The van der Waals surface area contributed by atoms with Crippen LogP contribution in [-0.2, 0) is 16.1 Å². The zero-order chi connectivity index (χ0) is 18.5. The second-order valence-electron chi connectivity index (χ2n) is 5.85. The van der Waals surface area contributed by atoms with E-state index >= 15 is 0 Å². The van der Waals surface area contributed by atoms with Gasteiger partial charge in [0.25, 0.3) is 0 Å². The van der Waals surface area contributed by atoms with E-state index in [9.17, 15) is 4.79 Å². The van der Waals surface area contributed by atoms with E-state index in [2.05, 4.69) is 9.97 Å². The van der Waals surface area contributed by atoms with Crippen LogP contribution >= 0.6 is 0 Å². The number of carbonyl (C=O) groups is 1. The van der Waals surface area contributed by atoms with E-state index in [1.54, 1.807) is 12.3 Å². The van der Waals surface area contributed by atoms with Gasteiger partial charge in [0.05, 0.1) is 17.4 Å². The molecule has 5 nitrogen and oxygen atoms in total. The number of fused-ring (bicyclic) bond motifs is 1. The molecule has 0 aliphatic carbocycles. The van der Waals surface area contributed by atoms with E-state index in [1.165, 1.54) is 6.08 Å². The summed E-state index contributed by atoms with van der Waals surface area (Å²) < 4.78 is 10.8. The molecule has 0 atom stereocenters. The van der Waals surface area contributed by atoms with Gasteiger partial charge in [-0.05, 0) is 18.2 Å². The number of hydrogen-bond acceptors (Lipinski definition) is 5. The van der Waals surface area contributed by atoms with Gasteiger partial charge in [-0.1, -0.05) is 54.6 Å². The first-order chi connectivity index (χ1) is 13.3. The highest BCUT2D eigenvalue weighted by Gasteiger charge is 2.08. The van der Waals surface area contributed by atoms with E-state index in [1.807, 2.05) is 66.7 Å². The van der Waals surface area contributed by atoms with E-state index in [4.69, 9.17) is 9.15 Å².